The molecule has 2 rings (SSSR count). The van der Waals surface area contributed by atoms with Gasteiger partial charge in [-0.25, -0.2) is 0 Å². The molecule has 3 nitrogen and oxygen atoms in total. The zero-order valence-corrected chi connectivity index (χ0v) is 9.75. The summed E-state index contributed by atoms with van der Waals surface area (Å²) < 4.78 is 10.8. The van der Waals surface area contributed by atoms with E-state index in [1.54, 1.807) is 0 Å². The molecule has 1 aliphatic heterocycles. The molecule has 0 saturated heterocycles. The Morgan fingerprint density at radius 1 is 1.27 bits per heavy atom. The molecule has 1 aromatic carbocycles. The zero-order valence-electron chi connectivity index (χ0n) is 8.16. The Kier molecular flexibility index (Phi) is 3.26. The number of ketones is 1. The van der Waals surface area contributed by atoms with Gasteiger partial charge in [-0.15, -0.1) is 0 Å². The predicted octanol–water partition coefficient (Wildman–Crippen LogP) is 1.96. The third-order valence-corrected chi connectivity index (χ3v) is 2.78. The van der Waals surface area contributed by atoms with Gasteiger partial charge in [0.25, 0.3) is 0 Å². The first-order chi connectivity index (χ1) is 7.29. The minimum absolute atomic E-state index is 0.159. The molecule has 0 N–H and O–H groups in total. The lowest BCUT2D eigenvalue weighted by atomic mass is 10.1. The van der Waals surface area contributed by atoms with Gasteiger partial charge in [0.05, 0.1) is 5.33 Å². The van der Waals surface area contributed by atoms with Crippen molar-refractivity contribution in [2.45, 2.75) is 6.42 Å². The second-order valence-corrected chi connectivity index (χ2v) is 3.89. The highest BCUT2D eigenvalue weighted by molar-refractivity contribution is 9.09. The van der Waals surface area contributed by atoms with Crippen molar-refractivity contribution < 1.29 is 14.3 Å². The van der Waals surface area contributed by atoms with Gasteiger partial charge in [-0.3, -0.25) is 4.79 Å². The Labute approximate surface area is 96.5 Å². The van der Waals surface area contributed by atoms with Crippen LogP contribution in [0, 0.1) is 0 Å². The van der Waals surface area contributed by atoms with E-state index in [2.05, 4.69) is 15.9 Å². The summed E-state index contributed by atoms with van der Waals surface area (Å²) in [6.07, 6.45) is 0.432. The van der Waals surface area contributed by atoms with Crippen LogP contribution in [0.25, 0.3) is 0 Å². The van der Waals surface area contributed by atoms with E-state index in [0.29, 0.717) is 25.0 Å². The number of rotatable bonds is 3. The number of carbonyl (C=O) groups is 1. The topological polar surface area (TPSA) is 35.5 Å². The average Bonchev–Trinajstić information content (AvgIpc) is 2.29. The molecule has 0 spiro atoms. The van der Waals surface area contributed by atoms with Crippen LogP contribution < -0.4 is 9.47 Å². The van der Waals surface area contributed by atoms with E-state index in [0.717, 1.165) is 17.1 Å². The lowest BCUT2D eigenvalue weighted by Crippen LogP contribution is -2.15. The number of hydrogen-bond acceptors (Lipinski definition) is 3. The number of benzene rings is 1. The number of ether oxygens (including phenoxy) is 2. The first-order valence-corrected chi connectivity index (χ1v) is 5.88. The third-order valence-electron chi connectivity index (χ3n) is 2.16. The van der Waals surface area contributed by atoms with Gasteiger partial charge in [0.2, 0.25) is 0 Å². The van der Waals surface area contributed by atoms with Crippen molar-refractivity contribution in [3.63, 3.8) is 0 Å². The Hall–Kier alpha value is -1.03. The zero-order chi connectivity index (χ0) is 10.7. The summed E-state index contributed by atoms with van der Waals surface area (Å²) >= 11 is 3.14. The molecule has 0 unspecified atom stereocenters. The van der Waals surface area contributed by atoms with Crippen LogP contribution in [-0.4, -0.2) is 24.3 Å². The molecule has 0 aliphatic carbocycles. The van der Waals surface area contributed by atoms with Gasteiger partial charge in [-0.2, -0.15) is 0 Å². The van der Waals surface area contributed by atoms with E-state index in [1.807, 2.05) is 18.2 Å². The molecule has 0 atom stereocenters. The average molecular weight is 271 g/mol. The van der Waals surface area contributed by atoms with Gasteiger partial charge in [0.1, 0.15) is 19.0 Å². The third kappa shape index (κ3) is 2.50. The normalized spacial score (nSPS) is 13.7. The summed E-state index contributed by atoms with van der Waals surface area (Å²) in [6, 6.07) is 5.62. The lowest BCUT2D eigenvalue weighted by Gasteiger charge is -2.18. The molecule has 0 saturated carbocycles. The highest BCUT2D eigenvalue weighted by Crippen LogP contribution is 2.30. The van der Waals surface area contributed by atoms with Crippen LogP contribution in [0.3, 0.4) is 0 Å². The first kappa shape index (κ1) is 10.5. The highest BCUT2D eigenvalue weighted by Gasteiger charge is 2.12. The van der Waals surface area contributed by atoms with E-state index in [-0.39, 0.29) is 5.78 Å². The maximum Gasteiger partial charge on any atom is 0.161 e. The molecular weight excluding hydrogens is 260 g/mol. The van der Waals surface area contributed by atoms with E-state index >= 15 is 0 Å². The molecular formula is C11H11BrO3. The Morgan fingerprint density at radius 3 is 2.73 bits per heavy atom. The van der Waals surface area contributed by atoms with Gasteiger partial charge in [0, 0.05) is 6.42 Å². The number of alkyl halides is 1. The van der Waals surface area contributed by atoms with Crippen molar-refractivity contribution in [3.05, 3.63) is 23.8 Å². The smallest absolute Gasteiger partial charge is 0.161 e. The fraction of sp³-hybridized carbons (Fsp3) is 0.364. The summed E-state index contributed by atoms with van der Waals surface area (Å²) in [6.45, 7) is 1.16. The SMILES string of the molecule is O=C(CBr)Cc1ccc2c(c1)OCCO2. The maximum atomic E-state index is 11.2. The van der Waals surface area contributed by atoms with Crippen LogP contribution in [0.15, 0.2) is 18.2 Å². The molecule has 0 radical (unpaired) electrons. The van der Waals surface area contributed by atoms with Gasteiger partial charge < -0.3 is 9.47 Å². The largest absolute Gasteiger partial charge is 0.486 e. The molecule has 0 bridgehead atoms. The van der Waals surface area contributed by atoms with E-state index < -0.39 is 0 Å². The fourth-order valence-corrected chi connectivity index (χ4v) is 1.67. The van der Waals surface area contributed by atoms with Gasteiger partial charge in [-0.05, 0) is 17.7 Å². The predicted molar refractivity (Wildman–Crippen MR) is 59.9 cm³/mol. The Morgan fingerprint density at radius 2 is 2.00 bits per heavy atom. The summed E-state index contributed by atoms with van der Waals surface area (Å²) in [5, 5.41) is 0.390. The quantitative estimate of drug-likeness (QED) is 0.788. The number of halogens is 1. The molecule has 4 heteroatoms. The van der Waals surface area contributed by atoms with Crippen molar-refractivity contribution in [1.29, 1.82) is 0 Å². The van der Waals surface area contributed by atoms with Crippen molar-refractivity contribution in [3.8, 4) is 11.5 Å². The molecule has 1 aliphatic rings. The van der Waals surface area contributed by atoms with E-state index in [4.69, 9.17) is 9.47 Å². The molecule has 80 valence electrons. The summed E-state index contributed by atoms with van der Waals surface area (Å²) in [7, 11) is 0. The van der Waals surface area contributed by atoms with Crippen LogP contribution in [0.4, 0.5) is 0 Å². The molecule has 15 heavy (non-hydrogen) atoms. The van der Waals surface area contributed by atoms with Crippen LogP contribution in [-0.2, 0) is 11.2 Å². The van der Waals surface area contributed by atoms with Crippen molar-refractivity contribution >= 4 is 21.7 Å². The Balaban J connectivity index is 2.17. The van der Waals surface area contributed by atoms with Crippen LogP contribution in [0.5, 0.6) is 11.5 Å². The molecule has 0 aromatic heterocycles. The number of Topliss-reactive ketones (excluding diaryl/α,β-unsaturated/α-hetero) is 1. The molecule has 1 heterocycles. The highest BCUT2D eigenvalue weighted by atomic mass is 79.9. The lowest BCUT2D eigenvalue weighted by molar-refractivity contribution is -0.115. The second-order valence-electron chi connectivity index (χ2n) is 3.33. The van der Waals surface area contributed by atoms with Gasteiger partial charge in [0.15, 0.2) is 11.5 Å². The van der Waals surface area contributed by atoms with Crippen LogP contribution in [0.1, 0.15) is 5.56 Å². The number of hydrogen-bond donors (Lipinski definition) is 0. The van der Waals surface area contributed by atoms with Crippen LogP contribution >= 0.6 is 15.9 Å². The second kappa shape index (κ2) is 4.66. The minimum atomic E-state index is 0.159. The van der Waals surface area contributed by atoms with Gasteiger partial charge >= 0.3 is 0 Å². The van der Waals surface area contributed by atoms with Crippen LogP contribution in [0.2, 0.25) is 0 Å². The Bertz CT molecular complexity index is 376. The first-order valence-electron chi connectivity index (χ1n) is 4.76. The maximum absolute atomic E-state index is 11.2. The van der Waals surface area contributed by atoms with Crippen molar-refractivity contribution in [2.24, 2.45) is 0 Å². The fourth-order valence-electron chi connectivity index (χ4n) is 1.47. The van der Waals surface area contributed by atoms with E-state index in [9.17, 15) is 4.79 Å². The molecule has 0 fully saturated rings. The monoisotopic (exact) mass is 270 g/mol. The number of fused-ring (bicyclic) bond motifs is 1. The van der Waals surface area contributed by atoms with Gasteiger partial charge in [-0.1, -0.05) is 22.0 Å². The molecule has 1 aromatic rings. The van der Waals surface area contributed by atoms with Crippen molar-refractivity contribution in [2.75, 3.05) is 18.5 Å². The van der Waals surface area contributed by atoms with Crippen molar-refractivity contribution in [1.82, 2.24) is 0 Å². The summed E-state index contributed by atoms with van der Waals surface area (Å²) in [5.74, 6) is 1.66. The van der Waals surface area contributed by atoms with E-state index in [1.165, 1.54) is 0 Å². The number of carbonyl (C=O) groups excluding carboxylic acids is 1. The summed E-state index contributed by atoms with van der Waals surface area (Å²) in [5.41, 5.74) is 0.962. The summed E-state index contributed by atoms with van der Waals surface area (Å²) in [4.78, 5) is 11.2. The minimum Gasteiger partial charge on any atom is -0.486 e. The molecule has 0 amide bonds. The standard InChI is InChI=1S/C11H11BrO3/c12-7-9(13)5-8-1-2-10-11(6-8)15-4-3-14-10/h1-2,6H,3-5,7H2.